The van der Waals surface area contributed by atoms with Crippen molar-refractivity contribution in [1.29, 1.82) is 0 Å². The largest absolute Gasteiger partial charge is 0.455 e. The summed E-state index contributed by atoms with van der Waals surface area (Å²) < 4.78 is 6.18. The van der Waals surface area contributed by atoms with Gasteiger partial charge >= 0.3 is 5.97 Å². The molecule has 0 bridgehead atoms. The molecule has 2 N–H and O–H groups in total. The number of nitrogens with one attached hydrogen (secondary N) is 2. The molecule has 1 aromatic heterocycles. The maximum Gasteiger partial charge on any atom is 0.312 e. The Bertz CT molecular complexity index is 1270. The Kier molecular flexibility index (Phi) is 7.22. The van der Waals surface area contributed by atoms with Crippen LogP contribution in [0, 0.1) is 20.8 Å². The molecule has 9 nitrogen and oxygen atoms in total. The summed E-state index contributed by atoms with van der Waals surface area (Å²) in [4.78, 5) is 48.6. The molecule has 3 rings (SSSR count). The number of fused-ring (bicyclic) bond motifs is 1. The summed E-state index contributed by atoms with van der Waals surface area (Å²) in [5.74, 6) is -1.66. The molecule has 0 fully saturated rings. The van der Waals surface area contributed by atoms with Crippen LogP contribution in [0.4, 0.5) is 5.69 Å². The number of aryl methyl sites for hydroxylation is 4. The van der Waals surface area contributed by atoms with E-state index in [0.29, 0.717) is 22.2 Å². The topological polar surface area (TPSA) is 119 Å². The van der Waals surface area contributed by atoms with Crippen LogP contribution >= 0.6 is 0 Å². The van der Waals surface area contributed by atoms with Crippen molar-refractivity contribution in [1.82, 2.24) is 15.1 Å². The van der Waals surface area contributed by atoms with Crippen LogP contribution in [0.2, 0.25) is 0 Å². The lowest BCUT2D eigenvalue weighted by Gasteiger charge is -2.13. The molecule has 33 heavy (non-hydrogen) atoms. The van der Waals surface area contributed by atoms with Crippen LogP contribution in [0.15, 0.2) is 41.2 Å². The van der Waals surface area contributed by atoms with Crippen LogP contribution in [0.3, 0.4) is 0 Å². The monoisotopic (exact) mass is 450 g/mol. The third kappa shape index (κ3) is 5.82. The second-order valence-electron chi connectivity index (χ2n) is 7.86. The fraction of sp³-hybridized carbons (Fsp3) is 0.292. The first-order chi connectivity index (χ1) is 15.7. The van der Waals surface area contributed by atoms with Gasteiger partial charge < -0.3 is 15.4 Å². The predicted molar refractivity (Wildman–Crippen MR) is 124 cm³/mol. The highest BCUT2D eigenvalue weighted by atomic mass is 16.5. The van der Waals surface area contributed by atoms with E-state index in [9.17, 15) is 19.2 Å². The average molecular weight is 450 g/mol. The molecule has 1 heterocycles. The van der Waals surface area contributed by atoms with Crippen molar-refractivity contribution in [3.63, 3.8) is 0 Å². The summed E-state index contributed by atoms with van der Waals surface area (Å²) in [7, 11) is 1.50. The standard InChI is InChI=1S/C24H26N4O5/c1-14-9-15(2)23(16(3)10-14)26-20(29)12-25-21(30)13-33-22(31)11-19-17-7-5-6-8-18(17)24(32)28(4)27-19/h5-10H,11-13H2,1-4H3,(H,25,30)(H,26,29). The number of ether oxygens (including phenoxy) is 1. The van der Waals surface area contributed by atoms with Crippen molar-refractivity contribution < 1.29 is 19.1 Å². The van der Waals surface area contributed by atoms with Gasteiger partial charge in [0.25, 0.3) is 11.5 Å². The molecule has 0 saturated carbocycles. The molecule has 0 aliphatic carbocycles. The molecule has 0 aliphatic rings. The van der Waals surface area contributed by atoms with Gasteiger partial charge in [-0.15, -0.1) is 0 Å². The number of hydrogen-bond acceptors (Lipinski definition) is 6. The zero-order chi connectivity index (χ0) is 24.1. The van der Waals surface area contributed by atoms with Gasteiger partial charge in [-0.2, -0.15) is 5.10 Å². The smallest absolute Gasteiger partial charge is 0.312 e. The van der Waals surface area contributed by atoms with Crippen molar-refractivity contribution in [2.75, 3.05) is 18.5 Å². The Morgan fingerprint density at radius 3 is 2.30 bits per heavy atom. The van der Waals surface area contributed by atoms with E-state index in [0.717, 1.165) is 21.4 Å². The first kappa shape index (κ1) is 23.6. The number of esters is 1. The van der Waals surface area contributed by atoms with Gasteiger partial charge in [0.05, 0.1) is 24.0 Å². The number of nitrogens with zero attached hydrogens (tertiary/aromatic N) is 2. The van der Waals surface area contributed by atoms with E-state index in [2.05, 4.69) is 15.7 Å². The van der Waals surface area contributed by atoms with E-state index in [1.54, 1.807) is 24.3 Å². The van der Waals surface area contributed by atoms with E-state index in [1.807, 2.05) is 32.9 Å². The van der Waals surface area contributed by atoms with Crippen LogP contribution in [0.1, 0.15) is 22.4 Å². The molecule has 172 valence electrons. The summed E-state index contributed by atoms with van der Waals surface area (Å²) >= 11 is 0. The van der Waals surface area contributed by atoms with Crippen molar-refractivity contribution in [3.8, 4) is 0 Å². The SMILES string of the molecule is Cc1cc(C)c(NC(=O)CNC(=O)COC(=O)Cc2nn(C)c(=O)c3ccccc23)c(C)c1. The Morgan fingerprint density at radius 2 is 1.64 bits per heavy atom. The van der Waals surface area contributed by atoms with Crippen molar-refractivity contribution in [3.05, 3.63) is 69.1 Å². The van der Waals surface area contributed by atoms with Crippen molar-refractivity contribution in [2.24, 2.45) is 7.05 Å². The Morgan fingerprint density at radius 1 is 1.00 bits per heavy atom. The molecule has 0 spiro atoms. The lowest BCUT2D eigenvalue weighted by molar-refractivity contribution is -0.147. The number of benzene rings is 2. The summed E-state index contributed by atoms with van der Waals surface area (Å²) in [5.41, 5.74) is 3.78. The molecule has 0 radical (unpaired) electrons. The number of anilines is 1. The highest BCUT2D eigenvalue weighted by Crippen LogP contribution is 2.21. The van der Waals surface area contributed by atoms with Gasteiger partial charge in [0.2, 0.25) is 5.91 Å². The van der Waals surface area contributed by atoms with E-state index in [-0.39, 0.29) is 24.4 Å². The first-order valence-electron chi connectivity index (χ1n) is 10.4. The normalized spacial score (nSPS) is 10.7. The summed E-state index contributed by atoms with van der Waals surface area (Å²) in [6.07, 6.45) is -0.200. The molecule has 9 heteroatoms. The lowest BCUT2D eigenvalue weighted by atomic mass is 10.1. The lowest BCUT2D eigenvalue weighted by Crippen LogP contribution is -2.36. The van der Waals surface area contributed by atoms with E-state index in [4.69, 9.17) is 4.74 Å². The average Bonchev–Trinajstić information content (AvgIpc) is 2.77. The highest BCUT2D eigenvalue weighted by molar-refractivity contribution is 5.96. The third-order valence-electron chi connectivity index (χ3n) is 5.10. The minimum absolute atomic E-state index is 0.200. The molecule has 2 aromatic carbocycles. The van der Waals surface area contributed by atoms with Crippen LogP contribution in [0.5, 0.6) is 0 Å². The van der Waals surface area contributed by atoms with Crippen molar-refractivity contribution in [2.45, 2.75) is 27.2 Å². The van der Waals surface area contributed by atoms with E-state index >= 15 is 0 Å². The van der Waals surface area contributed by atoms with Gasteiger partial charge in [0, 0.05) is 18.1 Å². The van der Waals surface area contributed by atoms with Crippen LogP contribution in [0.25, 0.3) is 10.8 Å². The van der Waals surface area contributed by atoms with Crippen LogP contribution in [-0.2, 0) is 32.6 Å². The number of aromatic nitrogens is 2. The Hall–Kier alpha value is -4.01. The van der Waals surface area contributed by atoms with Crippen LogP contribution in [-0.4, -0.2) is 40.7 Å². The minimum Gasteiger partial charge on any atom is -0.455 e. The molecule has 2 amide bonds. The third-order valence-corrected chi connectivity index (χ3v) is 5.10. The summed E-state index contributed by atoms with van der Waals surface area (Å²) in [5, 5.41) is 10.4. The maximum absolute atomic E-state index is 12.2. The van der Waals surface area contributed by atoms with Gasteiger partial charge in [0.15, 0.2) is 6.61 Å². The fourth-order valence-corrected chi connectivity index (χ4v) is 3.63. The van der Waals surface area contributed by atoms with Crippen LogP contribution < -0.4 is 16.2 Å². The first-order valence-corrected chi connectivity index (χ1v) is 10.4. The second-order valence-corrected chi connectivity index (χ2v) is 7.86. The molecule has 0 unspecified atom stereocenters. The summed E-state index contributed by atoms with van der Waals surface area (Å²) in [6, 6.07) is 10.8. The van der Waals surface area contributed by atoms with E-state index in [1.165, 1.54) is 7.05 Å². The quantitative estimate of drug-likeness (QED) is 0.529. The second kappa shape index (κ2) is 10.1. The molecule has 0 saturated heterocycles. The highest BCUT2D eigenvalue weighted by Gasteiger charge is 2.15. The zero-order valence-corrected chi connectivity index (χ0v) is 19.0. The molecule has 3 aromatic rings. The number of carbonyl (C=O) groups is 3. The van der Waals surface area contributed by atoms with Gasteiger partial charge in [0.1, 0.15) is 0 Å². The Balaban J connectivity index is 1.51. The number of hydrogen-bond donors (Lipinski definition) is 2. The molecule has 0 aliphatic heterocycles. The fourth-order valence-electron chi connectivity index (χ4n) is 3.63. The maximum atomic E-state index is 12.2. The number of carbonyl (C=O) groups excluding carboxylic acids is 3. The Labute approximate surface area is 190 Å². The van der Waals surface area contributed by atoms with E-state index < -0.39 is 18.5 Å². The summed E-state index contributed by atoms with van der Waals surface area (Å²) in [6.45, 7) is 4.99. The van der Waals surface area contributed by atoms with Gasteiger partial charge in [-0.05, 0) is 38.0 Å². The van der Waals surface area contributed by atoms with Gasteiger partial charge in [-0.3, -0.25) is 19.2 Å². The number of amides is 2. The van der Waals surface area contributed by atoms with Crippen molar-refractivity contribution >= 4 is 34.2 Å². The zero-order valence-electron chi connectivity index (χ0n) is 19.0. The van der Waals surface area contributed by atoms with Gasteiger partial charge in [-0.25, -0.2) is 4.68 Å². The predicted octanol–water partition coefficient (Wildman–Crippen LogP) is 1.70. The number of rotatable bonds is 7. The minimum atomic E-state index is -0.670. The molecular formula is C24H26N4O5. The van der Waals surface area contributed by atoms with Gasteiger partial charge in [-0.1, -0.05) is 35.9 Å². The molecular weight excluding hydrogens is 424 g/mol. The molecule has 0 atom stereocenters.